The van der Waals surface area contributed by atoms with Crippen LogP contribution in [0.1, 0.15) is 5.56 Å². The molecule has 0 radical (unpaired) electrons. The maximum atomic E-state index is 11.9. The Kier molecular flexibility index (Phi) is 3.06. The van der Waals surface area contributed by atoms with E-state index in [2.05, 4.69) is 33.6 Å². The molecule has 2 heterocycles. The van der Waals surface area contributed by atoms with E-state index < -0.39 is 11.9 Å². The van der Waals surface area contributed by atoms with Crippen molar-refractivity contribution in [3.63, 3.8) is 0 Å². The zero-order chi connectivity index (χ0) is 17.7. The molecule has 0 amide bonds. The Morgan fingerprint density at radius 3 is 2.23 bits per heavy atom. The zero-order valence-electron chi connectivity index (χ0n) is 13.7. The summed E-state index contributed by atoms with van der Waals surface area (Å²) < 4.78 is 6.82. The summed E-state index contributed by atoms with van der Waals surface area (Å²) >= 11 is 0. The summed E-state index contributed by atoms with van der Waals surface area (Å²) in [5, 5.41) is 2.11. The molecule has 124 valence electrons. The van der Waals surface area contributed by atoms with Crippen molar-refractivity contribution in [2.24, 2.45) is 0 Å². The summed E-state index contributed by atoms with van der Waals surface area (Å²) in [6, 6.07) is 24.1. The second-order valence-corrected chi connectivity index (χ2v) is 6.19. The van der Waals surface area contributed by atoms with Gasteiger partial charge in [0.25, 0.3) is 0 Å². The quantitative estimate of drug-likeness (QED) is 0.405. The van der Waals surface area contributed by atoms with Gasteiger partial charge in [-0.1, -0.05) is 42.5 Å². The highest BCUT2D eigenvalue weighted by Gasteiger charge is 2.25. The minimum absolute atomic E-state index is 0.299. The van der Waals surface area contributed by atoms with Gasteiger partial charge in [0.2, 0.25) is 0 Å². The Balaban J connectivity index is 1.83. The van der Waals surface area contributed by atoms with Gasteiger partial charge in [0.1, 0.15) is 0 Å². The van der Waals surface area contributed by atoms with Crippen LogP contribution in [-0.2, 0) is 14.3 Å². The Hall–Kier alpha value is -3.66. The average Bonchev–Trinajstić information content (AvgIpc) is 3.18. The van der Waals surface area contributed by atoms with Crippen molar-refractivity contribution in [1.29, 1.82) is 0 Å². The highest BCUT2D eigenvalue weighted by molar-refractivity contribution is 6.29. The second-order valence-electron chi connectivity index (χ2n) is 6.19. The number of carbonyl (C=O) groups excluding carboxylic acids is 2. The largest absolute Gasteiger partial charge is 0.386 e. The third kappa shape index (κ3) is 2.09. The van der Waals surface area contributed by atoms with Crippen LogP contribution in [0.15, 0.2) is 78.9 Å². The number of hydrogen-bond acceptors (Lipinski definition) is 3. The maximum absolute atomic E-state index is 11.9. The van der Waals surface area contributed by atoms with E-state index >= 15 is 0 Å². The number of benzene rings is 3. The molecular weight excluding hydrogens is 326 g/mol. The van der Waals surface area contributed by atoms with E-state index in [0.29, 0.717) is 11.1 Å². The number of nitrogens with zero attached hydrogens (tertiary/aromatic N) is 1. The van der Waals surface area contributed by atoms with Crippen molar-refractivity contribution < 1.29 is 14.3 Å². The van der Waals surface area contributed by atoms with Crippen molar-refractivity contribution >= 4 is 39.3 Å². The zero-order valence-corrected chi connectivity index (χ0v) is 13.7. The Labute approximate surface area is 148 Å². The molecular formula is C22H13NO3. The minimum Gasteiger partial charge on any atom is -0.386 e. The smallest absolute Gasteiger partial charge is 0.346 e. The van der Waals surface area contributed by atoms with Crippen LogP contribution in [0.5, 0.6) is 0 Å². The molecule has 0 saturated carbocycles. The van der Waals surface area contributed by atoms with E-state index in [1.807, 2.05) is 48.5 Å². The third-order valence-electron chi connectivity index (χ3n) is 4.67. The fourth-order valence-electron chi connectivity index (χ4n) is 3.55. The Bertz CT molecular complexity index is 1230. The molecule has 0 saturated heterocycles. The molecule has 0 fully saturated rings. The maximum Gasteiger partial charge on any atom is 0.346 e. The van der Waals surface area contributed by atoms with Crippen LogP contribution in [-0.4, -0.2) is 16.5 Å². The van der Waals surface area contributed by atoms with Gasteiger partial charge in [0, 0.05) is 22.5 Å². The van der Waals surface area contributed by atoms with E-state index in [4.69, 9.17) is 0 Å². The summed E-state index contributed by atoms with van der Waals surface area (Å²) in [4.78, 5) is 23.3. The van der Waals surface area contributed by atoms with Gasteiger partial charge in [-0.05, 0) is 35.9 Å². The number of aromatic nitrogens is 1. The lowest BCUT2D eigenvalue weighted by Crippen LogP contribution is -2.01. The number of fused-ring (bicyclic) bond motifs is 3. The summed E-state index contributed by atoms with van der Waals surface area (Å²) in [6.45, 7) is 0. The SMILES string of the molecule is O=C1C=C(c2ccc3c(c2)c2ccccc2n3-c2ccccc2)C(=O)O1. The molecule has 1 aliphatic rings. The molecule has 0 aliphatic carbocycles. The molecule has 3 aromatic carbocycles. The van der Waals surface area contributed by atoms with E-state index in [9.17, 15) is 9.59 Å². The van der Waals surface area contributed by atoms with Crippen LogP contribution in [0.25, 0.3) is 33.1 Å². The van der Waals surface area contributed by atoms with Gasteiger partial charge in [-0.25, -0.2) is 9.59 Å². The average molecular weight is 339 g/mol. The molecule has 4 nitrogen and oxygen atoms in total. The molecule has 0 atom stereocenters. The van der Waals surface area contributed by atoms with E-state index in [1.165, 1.54) is 6.08 Å². The first-order valence-electron chi connectivity index (χ1n) is 8.29. The normalized spacial score (nSPS) is 14.1. The molecule has 0 N–H and O–H groups in total. The lowest BCUT2D eigenvalue weighted by atomic mass is 10.0. The lowest BCUT2D eigenvalue weighted by molar-refractivity contribution is -0.149. The van der Waals surface area contributed by atoms with Crippen LogP contribution in [0, 0.1) is 0 Å². The van der Waals surface area contributed by atoms with Gasteiger partial charge in [-0.2, -0.15) is 0 Å². The molecule has 5 rings (SSSR count). The summed E-state index contributed by atoms with van der Waals surface area (Å²) in [5.41, 5.74) is 4.18. The number of esters is 2. The lowest BCUT2D eigenvalue weighted by Gasteiger charge is -2.07. The van der Waals surface area contributed by atoms with Crippen LogP contribution < -0.4 is 0 Å². The van der Waals surface area contributed by atoms with Gasteiger partial charge in [0.05, 0.1) is 16.6 Å². The van der Waals surface area contributed by atoms with Gasteiger partial charge in [0.15, 0.2) is 0 Å². The van der Waals surface area contributed by atoms with Crippen LogP contribution in [0.3, 0.4) is 0 Å². The summed E-state index contributed by atoms with van der Waals surface area (Å²) in [6.07, 6.45) is 1.25. The molecule has 4 aromatic rings. The third-order valence-corrected chi connectivity index (χ3v) is 4.67. The fourth-order valence-corrected chi connectivity index (χ4v) is 3.55. The second kappa shape index (κ2) is 5.43. The van der Waals surface area contributed by atoms with Crippen LogP contribution in [0.4, 0.5) is 0 Å². The number of hydrogen-bond donors (Lipinski definition) is 0. The highest BCUT2D eigenvalue weighted by atomic mass is 16.6. The topological polar surface area (TPSA) is 48.3 Å². The Morgan fingerprint density at radius 1 is 0.731 bits per heavy atom. The van der Waals surface area contributed by atoms with Crippen molar-refractivity contribution in [2.45, 2.75) is 0 Å². The fraction of sp³-hybridized carbons (Fsp3) is 0. The number of para-hydroxylation sites is 2. The molecule has 26 heavy (non-hydrogen) atoms. The van der Waals surface area contributed by atoms with Crippen molar-refractivity contribution in [3.8, 4) is 5.69 Å². The van der Waals surface area contributed by atoms with Gasteiger partial charge < -0.3 is 9.30 Å². The van der Waals surface area contributed by atoms with Crippen LogP contribution in [0.2, 0.25) is 0 Å². The predicted molar refractivity (Wildman–Crippen MR) is 99.9 cm³/mol. The number of cyclic esters (lactones) is 2. The minimum atomic E-state index is -0.614. The first-order chi connectivity index (χ1) is 12.7. The van der Waals surface area contributed by atoms with E-state index in [1.54, 1.807) is 0 Å². The molecule has 0 bridgehead atoms. The predicted octanol–water partition coefficient (Wildman–Crippen LogP) is 4.25. The van der Waals surface area contributed by atoms with Crippen LogP contribution >= 0.6 is 0 Å². The van der Waals surface area contributed by atoms with E-state index in [0.717, 1.165) is 27.5 Å². The molecule has 4 heteroatoms. The number of carbonyl (C=O) groups is 2. The summed E-state index contributed by atoms with van der Waals surface area (Å²) in [7, 11) is 0. The summed E-state index contributed by atoms with van der Waals surface area (Å²) in [5.74, 6) is -1.21. The van der Waals surface area contributed by atoms with Gasteiger partial charge in [-0.3, -0.25) is 0 Å². The number of rotatable bonds is 2. The molecule has 1 aromatic heterocycles. The van der Waals surface area contributed by atoms with E-state index in [-0.39, 0.29) is 0 Å². The van der Waals surface area contributed by atoms with Crippen molar-refractivity contribution in [2.75, 3.05) is 0 Å². The molecule has 0 unspecified atom stereocenters. The first kappa shape index (κ1) is 14.7. The van der Waals surface area contributed by atoms with Gasteiger partial charge >= 0.3 is 11.9 Å². The Morgan fingerprint density at radius 2 is 1.46 bits per heavy atom. The monoisotopic (exact) mass is 339 g/mol. The van der Waals surface area contributed by atoms with Crippen molar-refractivity contribution in [3.05, 3.63) is 84.4 Å². The van der Waals surface area contributed by atoms with Crippen molar-refractivity contribution in [1.82, 2.24) is 4.57 Å². The molecule has 1 aliphatic heterocycles. The molecule has 0 spiro atoms. The van der Waals surface area contributed by atoms with Gasteiger partial charge in [-0.15, -0.1) is 0 Å². The number of ether oxygens (including phenoxy) is 1. The highest BCUT2D eigenvalue weighted by Crippen LogP contribution is 2.34. The first-order valence-corrected chi connectivity index (χ1v) is 8.29. The standard InChI is InChI=1S/C22H13NO3/c24-21-13-17(22(25)26-21)14-10-11-20-18(12-14)16-8-4-5-9-19(16)23(20)15-6-2-1-3-7-15/h1-13H.